The highest BCUT2D eigenvalue weighted by atomic mass is 35.5. The average Bonchev–Trinajstić information content (AvgIpc) is 2.69. The lowest BCUT2D eigenvalue weighted by Gasteiger charge is -2.23. The van der Waals surface area contributed by atoms with Gasteiger partial charge in [0.1, 0.15) is 5.75 Å². The van der Waals surface area contributed by atoms with E-state index < -0.39 is 5.25 Å². The van der Waals surface area contributed by atoms with Crippen molar-refractivity contribution in [1.29, 1.82) is 0 Å². The summed E-state index contributed by atoms with van der Waals surface area (Å²) in [5.74, 6) is -0.00821. The maximum Gasteiger partial charge on any atom is 0.238 e. The molecule has 7 nitrogen and oxygen atoms in total. The first-order chi connectivity index (χ1) is 14.0. The molecule has 3 N–H and O–H groups in total. The fourth-order valence-electron chi connectivity index (χ4n) is 2.82. The summed E-state index contributed by atoms with van der Waals surface area (Å²) in [6.07, 6.45) is 2.97. The minimum atomic E-state index is -0.545. The second-order valence-electron chi connectivity index (χ2n) is 6.33. The summed E-state index contributed by atoms with van der Waals surface area (Å²) in [6.45, 7) is 0. The second kappa shape index (κ2) is 8.10. The van der Waals surface area contributed by atoms with E-state index in [0.29, 0.717) is 27.8 Å². The molecule has 1 aromatic heterocycles. The molecular weight excluding hydrogens is 412 g/mol. The number of fused-ring (bicyclic) bond motifs is 1. The predicted molar refractivity (Wildman–Crippen MR) is 112 cm³/mol. The van der Waals surface area contributed by atoms with Crippen molar-refractivity contribution >= 4 is 46.6 Å². The van der Waals surface area contributed by atoms with Crippen LogP contribution in [0.5, 0.6) is 5.75 Å². The maximum atomic E-state index is 12.4. The van der Waals surface area contributed by atoms with E-state index in [1.807, 2.05) is 6.07 Å². The Labute approximate surface area is 175 Å². The Bertz CT molecular complexity index is 1090. The third-order valence-corrected chi connectivity index (χ3v) is 5.68. The molecule has 1 atom stereocenters. The highest BCUT2D eigenvalue weighted by molar-refractivity contribution is 8.01. The maximum absolute atomic E-state index is 12.4. The van der Waals surface area contributed by atoms with Gasteiger partial charge in [-0.25, -0.2) is 9.97 Å². The standard InChI is InChI=1S/C20H15ClN4O3S/c21-12-4-5-16-15(7-12)25-20(28)17(29-16)8-18(27)24-13-9-22-19(23-10-13)11-2-1-3-14(26)6-11/h1-7,9-10,17,26H,8H2,(H,24,27)(H,25,28). The van der Waals surface area contributed by atoms with E-state index in [-0.39, 0.29) is 24.0 Å². The van der Waals surface area contributed by atoms with Gasteiger partial charge >= 0.3 is 0 Å². The number of phenolic OH excluding ortho intramolecular Hbond substituents is 1. The zero-order valence-electron chi connectivity index (χ0n) is 14.9. The van der Waals surface area contributed by atoms with Crippen molar-refractivity contribution in [3.63, 3.8) is 0 Å². The number of halogens is 1. The Morgan fingerprint density at radius 2 is 2.00 bits per heavy atom. The van der Waals surface area contributed by atoms with Gasteiger partial charge in [-0.05, 0) is 30.3 Å². The lowest BCUT2D eigenvalue weighted by atomic mass is 10.2. The number of carbonyl (C=O) groups is 2. The third-order valence-electron chi connectivity index (χ3n) is 4.17. The van der Waals surface area contributed by atoms with Crippen LogP contribution < -0.4 is 10.6 Å². The Hall–Kier alpha value is -3.10. The normalized spacial score (nSPS) is 15.3. The molecule has 0 radical (unpaired) electrons. The number of amides is 2. The number of anilines is 2. The number of hydrogen-bond acceptors (Lipinski definition) is 6. The van der Waals surface area contributed by atoms with Gasteiger partial charge in [-0.1, -0.05) is 23.7 Å². The van der Waals surface area contributed by atoms with E-state index in [0.717, 1.165) is 4.90 Å². The molecule has 1 aliphatic heterocycles. The molecule has 0 aliphatic carbocycles. The van der Waals surface area contributed by atoms with Crippen LogP contribution in [0.4, 0.5) is 11.4 Å². The van der Waals surface area contributed by atoms with Gasteiger partial charge in [0.2, 0.25) is 11.8 Å². The van der Waals surface area contributed by atoms with Gasteiger partial charge in [-0.2, -0.15) is 0 Å². The van der Waals surface area contributed by atoms with Gasteiger partial charge in [0, 0.05) is 21.9 Å². The van der Waals surface area contributed by atoms with Crippen molar-refractivity contribution in [1.82, 2.24) is 9.97 Å². The number of nitrogens with zero attached hydrogens (tertiary/aromatic N) is 2. The van der Waals surface area contributed by atoms with Gasteiger partial charge in [-0.15, -0.1) is 11.8 Å². The molecule has 0 spiro atoms. The summed E-state index contributed by atoms with van der Waals surface area (Å²) in [4.78, 5) is 33.9. The van der Waals surface area contributed by atoms with Crippen molar-refractivity contribution < 1.29 is 14.7 Å². The first-order valence-corrected chi connectivity index (χ1v) is 9.92. The largest absolute Gasteiger partial charge is 0.508 e. The van der Waals surface area contributed by atoms with E-state index in [1.54, 1.807) is 36.4 Å². The zero-order chi connectivity index (χ0) is 20.4. The lowest BCUT2D eigenvalue weighted by molar-refractivity contribution is -0.120. The molecule has 2 heterocycles. The number of hydrogen-bond donors (Lipinski definition) is 3. The van der Waals surface area contributed by atoms with Crippen molar-refractivity contribution in [3.05, 3.63) is 59.9 Å². The highest BCUT2D eigenvalue weighted by Crippen LogP contribution is 2.38. The molecule has 29 heavy (non-hydrogen) atoms. The van der Waals surface area contributed by atoms with E-state index in [4.69, 9.17) is 11.6 Å². The molecule has 1 unspecified atom stereocenters. The van der Waals surface area contributed by atoms with Crippen LogP contribution >= 0.6 is 23.4 Å². The summed E-state index contributed by atoms with van der Waals surface area (Å²) in [5.41, 5.74) is 1.74. The van der Waals surface area contributed by atoms with E-state index >= 15 is 0 Å². The fraction of sp³-hybridized carbons (Fsp3) is 0.100. The molecule has 0 fully saturated rings. The topological polar surface area (TPSA) is 104 Å². The number of rotatable bonds is 4. The van der Waals surface area contributed by atoms with Gasteiger partial charge in [-0.3, -0.25) is 9.59 Å². The molecular formula is C20H15ClN4O3S. The minimum Gasteiger partial charge on any atom is -0.508 e. The van der Waals surface area contributed by atoms with Crippen LogP contribution in [0.2, 0.25) is 5.02 Å². The SMILES string of the molecule is O=C(CC1Sc2ccc(Cl)cc2NC1=O)Nc1cnc(-c2cccc(O)c2)nc1. The summed E-state index contributed by atoms with van der Waals surface area (Å²) >= 11 is 7.27. The van der Waals surface area contributed by atoms with Crippen LogP contribution in [0.3, 0.4) is 0 Å². The quantitative estimate of drug-likeness (QED) is 0.583. The molecule has 0 saturated heterocycles. The Morgan fingerprint density at radius 3 is 2.76 bits per heavy atom. The van der Waals surface area contributed by atoms with Gasteiger partial charge in [0.25, 0.3) is 0 Å². The molecule has 9 heteroatoms. The van der Waals surface area contributed by atoms with Crippen LogP contribution in [-0.4, -0.2) is 32.1 Å². The van der Waals surface area contributed by atoms with Gasteiger partial charge in [0.05, 0.1) is 29.0 Å². The number of aromatic hydroxyl groups is 1. The Kier molecular flexibility index (Phi) is 5.37. The van der Waals surface area contributed by atoms with E-state index in [1.165, 1.54) is 24.2 Å². The lowest BCUT2D eigenvalue weighted by Crippen LogP contribution is -2.32. The summed E-state index contributed by atoms with van der Waals surface area (Å²) in [6, 6.07) is 11.8. The van der Waals surface area contributed by atoms with E-state index in [2.05, 4.69) is 20.6 Å². The molecule has 2 aromatic carbocycles. The average molecular weight is 427 g/mol. The molecule has 4 rings (SSSR count). The smallest absolute Gasteiger partial charge is 0.238 e. The first kappa shape index (κ1) is 19.2. The van der Waals surface area contributed by atoms with E-state index in [9.17, 15) is 14.7 Å². The van der Waals surface area contributed by atoms with Crippen LogP contribution in [0.25, 0.3) is 11.4 Å². The van der Waals surface area contributed by atoms with Crippen molar-refractivity contribution in [3.8, 4) is 17.1 Å². The molecule has 146 valence electrons. The van der Waals surface area contributed by atoms with Crippen LogP contribution in [0, 0.1) is 0 Å². The molecule has 3 aromatic rings. The van der Waals surface area contributed by atoms with Crippen LogP contribution in [-0.2, 0) is 9.59 Å². The van der Waals surface area contributed by atoms with Crippen LogP contribution in [0.1, 0.15) is 6.42 Å². The number of aromatic nitrogens is 2. The summed E-state index contributed by atoms with van der Waals surface area (Å²) in [7, 11) is 0. The predicted octanol–water partition coefficient (Wildman–Crippen LogP) is 3.94. The molecule has 2 amide bonds. The molecule has 0 bridgehead atoms. The first-order valence-electron chi connectivity index (χ1n) is 8.66. The number of nitrogens with one attached hydrogen (secondary N) is 2. The number of thioether (sulfide) groups is 1. The second-order valence-corrected chi connectivity index (χ2v) is 8.02. The molecule has 1 aliphatic rings. The van der Waals surface area contributed by atoms with Crippen molar-refractivity contribution in [2.45, 2.75) is 16.6 Å². The Morgan fingerprint density at radius 1 is 1.21 bits per heavy atom. The highest BCUT2D eigenvalue weighted by Gasteiger charge is 2.29. The fourth-order valence-corrected chi connectivity index (χ4v) is 4.09. The molecule has 0 saturated carbocycles. The van der Waals surface area contributed by atoms with Crippen molar-refractivity contribution in [2.24, 2.45) is 0 Å². The minimum absolute atomic E-state index is 0.00682. The summed E-state index contributed by atoms with van der Waals surface area (Å²) in [5, 5.41) is 15.0. The monoisotopic (exact) mass is 426 g/mol. The summed E-state index contributed by atoms with van der Waals surface area (Å²) < 4.78 is 0. The van der Waals surface area contributed by atoms with Gasteiger partial charge < -0.3 is 15.7 Å². The number of phenols is 1. The van der Waals surface area contributed by atoms with Crippen molar-refractivity contribution in [2.75, 3.05) is 10.6 Å². The van der Waals surface area contributed by atoms with Gasteiger partial charge in [0.15, 0.2) is 5.82 Å². The zero-order valence-corrected chi connectivity index (χ0v) is 16.5. The number of carbonyl (C=O) groups excluding carboxylic acids is 2. The third kappa shape index (κ3) is 4.49. The number of benzene rings is 2. The van der Waals surface area contributed by atoms with Crippen LogP contribution in [0.15, 0.2) is 59.8 Å². The Balaban J connectivity index is 1.39.